The Morgan fingerprint density at radius 2 is 1.17 bits per heavy atom. The molecule has 0 atom stereocenters. The van der Waals surface area contributed by atoms with Crippen molar-refractivity contribution >= 4 is 21.2 Å². The van der Waals surface area contributed by atoms with E-state index in [9.17, 15) is 18.8 Å². The molecule has 2 rings (SSSR count). The maximum Gasteiger partial charge on any atom is 0.210 e. The minimum atomic E-state index is -4.33. The molecule has 0 bridgehead atoms. The summed E-state index contributed by atoms with van der Waals surface area (Å²) in [5, 5.41) is 39.7. The van der Waals surface area contributed by atoms with E-state index >= 15 is 0 Å². The Bertz CT molecular complexity index is 770. The lowest BCUT2D eigenvalue weighted by molar-refractivity contribution is 0.294. The maximum absolute atomic E-state index is 12.8. The molecule has 0 spiro atoms. The van der Waals surface area contributed by atoms with E-state index in [0.717, 1.165) is 12.1 Å². The molecule has 0 saturated carbocycles. The monoisotopic (exact) mass is 338 g/mol. The lowest BCUT2D eigenvalue weighted by Gasteiger charge is -2.27. The lowest BCUT2D eigenvalue weighted by Crippen LogP contribution is -2.16. The van der Waals surface area contributed by atoms with Crippen molar-refractivity contribution < 1.29 is 18.8 Å². The SMILES string of the molecule is Cc1ccc(S(=O)(=O)c2ccc(C)cc2N([O-])O)c(N([O-])O)c1. The van der Waals surface area contributed by atoms with Gasteiger partial charge in [0.05, 0.1) is 21.2 Å². The van der Waals surface area contributed by atoms with Gasteiger partial charge in [-0.1, -0.05) is 12.1 Å². The molecule has 124 valence electrons. The van der Waals surface area contributed by atoms with Gasteiger partial charge < -0.3 is 20.9 Å². The van der Waals surface area contributed by atoms with Crippen molar-refractivity contribution in [1.82, 2.24) is 0 Å². The minimum absolute atomic E-state index is 0.479. The van der Waals surface area contributed by atoms with E-state index in [2.05, 4.69) is 0 Å². The van der Waals surface area contributed by atoms with Gasteiger partial charge in [-0.15, -0.1) is 0 Å². The molecule has 0 radical (unpaired) electrons. The number of aryl methyl sites for hydroxylation is 2. The zero-order chi connectivity index (χ0) is 17.4. The number of sulfone groups is 1. The Morgan fingerprint density at radius 1 is 0.826 bits per heavy atom. The van der Waals surface area contributed by atoms with Crippen molar-refractivity contribution in [3.8, 4) is 0 Å². The normalized spacial score (nSPS) is 11.4. The first-order valence-electron chi connectivity index (χ1n) is 6.43. The highest BCUT2D eigenvalue weighted by molar-refractivity contribution is 7.91. The first-order valence-corrected chi connectivity index (χ1v) is 7.91. The van der Waals surface area contributed by atoms with Crippen LogP contribution in [0.25, 0.3) is 0 Å². The Morgan fingerprint density at radius 3 is 1.48 bits per heavy atom. The fraction of sp³-hybridized carbons (Fsp3) is 0.143. The van der Waals surface area contributed by atoms with Crippen LogP contribution in [0.15, 0.2) is 46.2 Å². The third-order valence-electron chi connectivity index (χ3n) is 3.22. The average Bonchev–Trinajstić information content (AvgIpc) is 2.46. The second-order valence-electron chi connectivity index (χ2n) is 4.99. The number of hydrogen-bond donors (Lipinski definition) is 2. The van der Waals surface area contributed by atoms with Crippen LogP contribution in [0.1, 0.15) is 11.1 Å². The first-order chi connectivity index (χ1) is 10.6. The van der Waals surface area contributed by atoms with E-state index < -0.39 is 41.5 Å². The molecule has 9 heteroatoms. The van der Waals surface area contributed by atoms with Gasteiger partial charge in [-0.05, 0) is 49.2 Å². The second kappa shape index (κ2) is 6.14. The lowest BCUT2D eigenvalue weighted by atomic mass is 10.2. The third kappa shape index (κ3) is 3.28. The van der Waals surface area contributed by atoms with E-state index in [0.29, 0.717) is 11.1 Å². The second-order valence-corrected chi connectivity index (χ2v) is 6.88. The van der Waals surface area contributed by atoms with E-state index in [1.807, 2.05) is 0 Å². The van der Waals surface area contributed by atoms with Crippen LogP contribution >= 0.6 is 0 Å². The predicted molar refractivity (Wildman–Crippen MR) is 83.1 cm³/mol. The predicted octanol–water partition coefficient (Wildman–Crippen LogP) is 2.52. The van der Waals surface area contributed by atoms with Crippen molar-refractivity contribution in [2.75, 3.05) is 10.5 Å². The minimum Gasteiger partial charge on any atom is -0.733 e. The van der Waals surface area contributed by atoms with Crippen molar-refractivity contribution in [2.45, 2.75) is 23.6 Å². The van der Waals surface area contributed by atoms with Gasteiger partial charge in [0.25, 0.3) is 0 Å². The molecule has 2 aromatic rings. The van der Waals surface area contributed by atoms with Gasteiger partial charge in [-0.2, -0.15) is 0 Å². The Hall–Kier alpha value is -2.17. The molecule has 0 aliphatic heterocycles. The third-order valence-corrected chi connectivity index (χ3v) is 5.07. The van der Waals surface area contributed by atoms with Crippen molar-refractivity contribution in [3.63, 3.8) is 0 Å². The smallest absolute Gasteiger partial charge is 0.210 e. The molecule has 0 aliphatic carbocycles. The highest BCUT2D eigenvalue weighted by atomic mass is 32.2. The Balaban J connectivity index is 2.74. The zero-order valence-corrected chi connectivity index (χ0v) is 13.1. The molecule has 0 unspecified atom stereocenters. The zero-order valence-electron chi connectivity index (χ0n) is 12.3. The van der Waals surface area contributed by atoms with Gasteiger partial charge in [0, 0.05) is 0 Å². The number of anilines is 2. The number of hydrogen-bond acceptors (Lipinski definition) is 8. The van der Waals surface area contributed by atoms with Crippen molar-refractivity contribution in [3.05, 3.63) is 57.9 Å². The summed E-state index contributed by atoms with van der Waals surface area (Å²) in [4.78, 5) is -0.958. The largest absolute Gasteiger partial charge is 0.733 e. The van der Waals surface area contributed by atoms with Crippen LogP contribution in [0.5, 0.6) is 0 Å². The summed E-state index contributed by atoms with van der Waals surface area (Å²) >= 11 is 0. The van der Waals surface area contributed by atoms with Crippen molar-refractivity contribution in [2.24, 2.45) is 0 Å². The van der Waals surface area contributed by atoms with Crippen molar-refractivity contribution in [1.29, 1.82) is 0 Å². The number of nitrogens with zero attached hydrogens (tertiary/aromatic N) is 2. The van der Waals surface area contributed by atoms with Gasteiger partial charge in [0.15, 0.2) is 0 Å². The first kappa shape index (κ1) is 17.2. The van der Waals surface area contributed by atoms with Gasteiger partial charge in [-0.3, -0.25) is 10.4 Å². The molecule has 8 nitrogen and oxygen atoms in total. The molecule has 2 N–H and O–H groups in total. The van der Waals surface area contributed by atoms with Crippen LogP contribution in [0.3, 0.4) is 0 Å². The number of rotatable bonds is 4. The topological polar surface area (TPSA) is 127 Å². The average molecular weight is 338 g/mol. The van der Waals surface area contributed by atoms with Gasteiger partial charge in [-0.25, -0.2) is 8.42 Å². The molecular formula is C14H14N2O6S-2. The molecule has 0 aliphatic rings. The Kier molecular flexibility index (Phi) is 4.59. The fourth-order valence-corrected chi connectivity index (χ4v) is 3.68. The summed E-state index contributed by atoms with van der Waals surface area (Å²) in [5.41, 5.74) is 0.162. The van der Waals surface area contributed by atoms with E-state index in [4.69, 9.17) is 10.4 Å². The van der Waals surface area contributed by atoms with Crippen LogP contribution < -0.4 is 10.5 Å². The van der Waals surface area contributed by atoms with Gasteiger partial charge in [0.2, 0.25) is 9.84 Å². The molecule has 2 aromatic carbocycles. The standard InChI is InChI=1S/C14H14N2O6S/c1-9-3-5-13(11(7-9)15(17)18)23(21,22)14-6-4-10(2)8-12(14)16(19)20/h3-8,17,19H,1-2H3/q-2. The van der Waals surface area contributed by atoms with Crippen LogP contribution in [0.4, 0.5) is 11.4 Å². The summed E-state index contributed by atoms with van der Waals surface area (Å²) < 4.78 is 25.5. The van der Waals surface area contributed by atoms with Crippen LogP contribution in [0.2, 0.25) is 0 Å². The molecule has 23 heavy (non-hydrogen) atoms. The van der Waals surface area contributed by atoms with E-state index in [1.165, 1.54) is 24.3 Å². The van der Waals surface area contributed by atoms with Crippen LogP contribution in [-0.4, -0.2) is 18.8 Å². The highest BCUT2D eigenvalue weighted by Crippen LogP contribution is 2.35. The van der Waals surface area contributed by atoms with Crippen LogP contribution in [-0.2, 0) is 9.84 Å². The summed E-state index contributed by atoms with van der Waals surface area (Å²) in [5.74, 6) is 0. The molecule has 0 amide bonds. The quantitative estimate of drug-likeness (QED) is 0.814. The number of benzene rings is 2. The summed E-state index contributed by atoms with van der Waals surface area (Å²) in [6.45, 7) is 3.24. The molecular weight excluding hydrogens is 324 g/mol. The van der Waals surface area contributed by atoms with Gasteiger partial charge >= 0.3 is 0 Å². The fourth-order valence-electron chi connectivity index (χ4n) is 2.13. The van der Waals surface area contributed by atoms with Gasteiger partial charge in [0.1, 0.15) is 0 Å². The summed E-state index contributed by atoms with van der Waals surface area (Å²) in [6.07, 6.45) is 0. The van der Waals surface area contributed by atoms with E-state index in [1.54, 1.807) is 13.8 Å². The summed E-state index contributed by atoms with van der Waals surface area (Å²) in [7, 11) is -4.33. The maximum atomic E-state index is 12.8. The molecule has 0 aromatic heterocycles. The summed E-state index contributed by atoms with van der Waals surface area (Å²) in [6, 6.07) is 7.58. The molecule has 0 heterocycles. The molecule has 0 saturated heterocycles. The highest BCUT2D eigenvalue weighted by Gasteiger charge is 2.25. The molecule has 0 fully saturated rings. The van der Waals surface area contributed by atoms with E-state index in [-0.39, 0.29) is 0 Å². The Labute approximate surface area is 132 Å². The van der Waals surface area contributed by atoms with Crippen LogP contribution in [0, 0.1) is 24.3 Å².